The van der Waals surface area contributed by atoms with Crippen LogP contribution in [0.4, 0.5) is 0 Å². The van der Waals surface area contributed by atoms with E-state index in [9.17, 15) is 9.59 Å². The Hall–Kier alpha value is -1.17. The molecule has 6 heteroatoms. The number of carbonyl (C=O) groups excluding carboxylic acids is 2. The summed E-state index contributed by atoms with van der Waals surface area (Å²) in [6.07, 6.45) is 1.04. The van der Waals surface area contributed by atoms with Gasteiger partial charge in [0.1, 0.15) is 6.04 Å². The zero-order valence-corrected chi connectivity index (χ0v) is 12.3. The minimum Gasteiger partial charge on any atom is -0.392 e. The number of hydrogen-bond donors (Lipinski definition) is 3. The molecule has 0 aliphatic heterocycles. The molecule has 4 N–H and O–H groups in total. The second kappa shape index (κ2) is 7.31. The van der Waals surface area contributed by atoms with Crippen LogP contribution in [-0.2, 0) is 9.59 Å². The maximum atomic E-state index is 12.2. The molecule has 0 aliphatic carbocycles. The Bertz CT molecular complexity index is 327. The Morgan fingerprint density at radius 1 is 1.28 bits per heavy atom. The Morgan fingerprint density at radius 3 is 2.11 bits per heavy atom. The average molecular weight is 273 g/mol. The Balaban J connectivity index is 4.82. The van der Waals surface area contributed by atoms with Crippen LogP contribution in [0.2, 0.25) is 0 Å². The first-order valence-electron chi connectivity index (χ1n) is 6.24. The molecule has 2 amide bonds. The summed E-state index contributed by atoms with van der Waals surface area (Å²) < 4.78 is 0. The molecule has 104 valence electrons. The molecular formula is C12H23N3O2S. The monoisotopic (exact) mass is 273 g/mol. The molecule has 0 bridgehead atoms. The molecule has 0 saturated carbocycles. The van der Waals surface area contributed by atoms with Crippen LogP contribution in [0.1, 0.15) is 40.5 Å². The lowest BCUT2D eigenvalue weighted by Gasteiger charge is -2.30. The summed E-state index contributed by atoms with van der Waals surface area (Å²) >= 11 is 4.99. The van der Waals surface area contributed by atoms with E-state index in [1.165, 1.54) is 0 Å². The first-order valence-corrected chi connectivity index (χ1v) is 6.65. The van der Waals surface area contributed by atoms with Gasteiger partial charge in [0, 0.05) is 6.54 Å². The molecule has 0 saturated heterocycles. The van der Waals surface area contributed by atoms with Crippen LogP contribution in [0.5, 0.6) is 0 Å². The van der Waals surface area contributed by atoms with Gasteiger partial charge in [0.15, 0.2) is 0 Å². The van der Waals surface area contributed by atoms with Crippen molar-refractivity contribution in [2.24, 2.45) is 11.1 Å². The molecule has 0 aromatic rings. The van der Waals surface area contributed by atoms with Crippen LogP contribution in [0.3, 0.4) is 0 Å². The molecule has 0 fully saturated rings. The van der Waals surface area contributed by atoms with Crippen LogP contribution in [-0.4, -0.2) is 29.4 Å². The molecule has 0 spiro atoms. The number of thiocarbonyl (C=S) groups is 1. The quantitative estimate of drug-likeness (QED) is 0.597. The zero-order valence-electron chi connectivity index (χ0n) is 11.5. The van der Waals surface area contributed by atoms with E-state index in [2.05, 4.69) is 10.6 Å². The molecule has 1 unspecified atom stereocenters. The number of rotatable bonds is 7. The second-order valence-electron chi connectivity index (χ2n) is 4.24. The van der Waals surface area contributed by atoms with Crippen molar-refractivity contribution in [3.63, 3.8) is 0 Å². The SMILES string of the molecule is CCNC(=O)C(C)NC(=O)C(CC)(CC)C(N)=S. The molecule has 0 aliphatic rings. The fraction of sp³-hybridized carbons (Fsp3) is 0.750. The van der Waals surface area contributed by atoms with Crippen molar-refractivity contribution in [3.8, 4) is 0 Å². The molecule has 0 aromatic carbocycles. The molecule has 0 aromatic heterocycles. The highest BCUT2D eigenvalue weighted by Gasteiger charge is 2.39. The van der Waals surface area contributed by atoms with E-state index in [0.717, 1.165) is 0 Å². The van der Waals surface area contributed by atoms with E-state index in [1.807, 2.05) is 20.8 Å². The largest absolute Gasteiger partial charge is 0.392 e. The van der Waals surface area contributed by atoms with Gasteiger partial charge in [-0.2, -0.15) is 0 Å². The standard InChI is InChI=1S/C12H23N3O2S/c1-5-12(6-2,10(13)18)11(17)15-8(4)9(16)14-7-3/h8H,5-7H2,1-4H3,(H2,13,18)(H,14,16)(H,15,17). The Kier molecular flexibility index (Phi) is 6.83. The van der Waals surface area contributed by atoms with Crippen molar-refractivity contribution in [3.05, 3.63) is 0 Å². The first-order chi connectivity index (χ1) is 8.35. The van der Waals surface area contributed by atoms with Gasteiger partial charge in [0.05, 0.1) is 10.4 Å². The van der Waals surface area contributed by atoms with Crippen LogP contribution in [0.25, 0.3) is 0 Å². The number of amides is 2. The zero-order chi connectivity index (χ0) is 14.3. The maximum Gasteiger partial charge on any atom is 0.242 e. The average Bonchev–Trinajstić information content (AvgIpc) is 2.31. The van der Waals surface area contributed by atoms with Gasteiger partial charge in [0.2, 0.25) is 11.8 Å². The fourth-order valence-corrected chi connectivity index (χ4v) is 2.14. The van der Waals surface area contributed by atoms with E-state index >= 15 is 0 Å². The van der Waals surface area contributed by atoms with Crippen LogP contribution in [0, 0.1) is 5.41 Å². The van der Waals surface area contributed by atoms with Crippen LogP contribution < -0.4 is 16.4 Å². The molecule has 0 heterocycles. The third-order valence-electron chi connectivity index (χ3n) is 3.21. The normalized spacial score (nSPS) is 12.7. The van der Waals surface area contributed by atoms with E-state index < -0.39 is 11.5 Å². The minimum absolute atomic E-state index is 0.174. The third-order valence-corrected chi connectivity index (χ3v) is 3.60. The predicted molar refractivity (Wildman–Crippen MR) is 76.1 cm³/mol. The van der Waals surface area contributed by atoms with Crippen molar-refractivity contribution >= 4 is 29.0 Å². The van der Waals surface area contributed by atoms with Crippen molar-refractivity contribution in [1.29, 1.82) is 0 Å². The van der Waals surface area contributed by atoms with Crippen LogP contribution in [0.15, 0.2) is 0 Å². The molecule has 18 heavy (non-hydrogen) atoms. The number of likely N-dealkylation sites (N-methyl/N-ethyl adjacent to an activating group) is 1. The lowest BCUT2D eigenvalue weighted by atomic mass is 9.81. The summed E-state index contributed by atoms with van der Waals surface area (Å²) in [7, 11) is 0. The predicted octanol–water partition coefficient (Wildman–Crippen LogP) is 0.720. The first kappa shape index (κ1) is 16.8. The summed E-state index contributed by atoms with van der Waals surface area (Å²) in [6, 6.07) is -0.593. The molecule has 0 radical (unpaired) electrons. The maximum absolute atomic E-state index is 12.2. The van der Waals surface area contributed by atoms with E-state index in [4.69, 9.17) is 18.0 Å². The third kappa shape index (κ3) is 3.66. The van der Waals surface area contributed by atoms with E-state index in [1.54, 1.807) is 6.92 Å². The second-order valence-corrected chi connectivity index (χ2v) is 4.68. The Labute approximate surface area is 114 Å². The number of carbonyl (C=O) groups is 2. The van der Waals surface area contributed by atoms with Crippen molar-refractivity contribution in [2.45, 2.75) is 46.6 Å². The van der Waals surface area contributed by atoms with Gasteiger partial charge in [-0.05, 0) is 26.7 Å². The van der Waals surface area contributed by atoms with Crippen molar-refractivity contribution in [1.82, 2.24) is 10.6 Å². The van der Waals surface area contributed by atoms with E-state index in [0.29, 0.717) is 19.4 Å². The molecule has 5 nitrogen and oxygen atoms in total. The fourth-order valence-electron chi connectivity index (χ4n) is 1.76. The lowest BCUT2D eigenvalue weighted by molar-refractivity contribution is -0.132. The summed E-state index contributed by atoms with van der Waals surface area (Å²) in [4.78, 5) is 24.0. The van der Waals surface area contributed by atoms with Crippen LogP contribution >= 0.6 is 12.2 Å². The van der Waals surface area contributed by atoms with Crippen molar-refractivity contribution in [2.75, 3.05) is 6.54 Å². The van der Waals surface area contributed by atoms with Gasteiger partial charge in [-0.15, -0.1) is 0 Å². The highest BCUT2D eigenvalue weighted by Crippen LogP contribution is 2.27. The topological polar surface area (TPSA) is 84.2 Å². The summed E-state index contributed by atoms with van der Waals surface area (Å²) in [5.41, 5.74) is 4.81. The van der Waals surface area contributed by atoms with Crippen molar-refractivity contribution < 1.29 is 9.59 Å². The number of nitrogens with two attached hydrogens (primary N) is 1. The number of nitrogens with one attached hydrogen (secondary N) is 2. The van der Waals surface area contributed by atoms with Gasteiger partial charge in [-0.25, -0.2) is 0 Å². The van der Waals surface area contributed by atoms with Gasteiger partial charge in [0.25, 0.3) is 0 Å². The highest BCUT2D eigenvalue weighted by atomic mass is 32.1. The molecule has 1 atom stereocenters. The molecular weight excluding hydrogens is 250 g/mol. The minimum atomic E-state index is -0.865. The van der Waals surface area contributed by atoms with Gasteiger partial charge in [-0.3, -0.25) is 9.59 Å². The highest BCUT2D eigenvalue weighted by molar-refractivity contribution is 7.80. The van der Waals surface area contributed by atoms with Gasteiger partial charge >= 0.3 is 0 Å². The summed E-state index contributed by atoms with van der Waals surface area (Å²) in [5, 5.41) is 5.32. The lowest BCUT2D eigenvalue weighted by Crippen LogP contribution is -2.53. The summed E-state index contributed by atoms with van der Waals surface area (Å²) in [6.45, 7) is 7.71. The smallest absolute Gasteiger partial charge is 0.242 e. The summed E-state index contributed by atoms with van der Waals surface area (Å²) in [5.74, 6) is -0.492. The van der Waals surface area contributed by atoms with E-state index in [-0.39, 0.29) is 16.8 Å². The molecule has 0 rings (SSSR count). The van der Waals surface area contributed by atoms with Gasteiger partial charge < -0.3 is 16.4 Å². The Morgan fingerprint density at radius 2 is 1.78 bits per heavy atom. The number of hydrogen-bond acceptors (Lipinski definition) is 3. The van der Waals surface area contributed by atoms with Gasteiger partial charge in [-0.1, -0.05) is 26.1 Å².